The van der Waals surface area contributed by atoms with Crippen LogP contribution in [-0.2, 0) is 4.74 Å². The van der Waals surface area contributed by atoms with Crippen molar-refractivity contribution in [1.29, 1.82) is 0 Å². The minimum atomic E-state index is -1.17. The molecule has 2 aromatic carbocycles. The van der Waals surface area contributed by atoms with Gasteiger partial charge in [-0.1, -0.05) is 6.07 Å². The van der Waals surface area contributed by atoms with Crippen LogP contribution in [0.3, 0.4) is 0 Å². The Bertz CT molecular complexity index is 788. The third kappa shape index (κ3) is 2.33. The van der Waals surface area contributed by atoms with E-state index in [0.717, 1.165) is 24.3 Å². The molecule has 1 atom stereocenters. The van der Waals surface area contributed by atoms with Gasteiger partial charge in [0.05, 0.1) is 16.6 Å². The first-order valence-corrected chi connectivity index (χ1v) is 6.32. The van der Waals surface area contributed by atoms with Gasteiger partial charge in [0.2, 0.25) is 0 Å². The molecular formula is C15H10F4N2O. The maximum absolute atomic E-state index is 13.9. The molecule has 1 aromatic heterocycles. The number of imidazole rings is 1. The SMILES string of the molecule is COC(c1nc2cc(F)c(F)cc2[nH]1)c1c(F)cccc1F. The highest BCUT2D eigenvalue weighted by Gasteiger charge is 2.25. The summed E-state index contributed by atoms with van der Waals surface area (Å²) >= 11 is 0. The Kier molecular flexibility index (Phi) is 3.58. The molecule has 3 nitrogen and oxygen atoms in total. The molecule has 0 spiro atoms. The fourth-order valence-corrected chi connectivity index (χ4v) is 2.28. The summed E-state index contributed by atoms with van der Waals surface area (Å²) < 4.78 is 59.3. The Labute approximate surface area is 122 Å². The smallest absolute Gasteiger partial charge is 0.161 e. The van der Waals surface area contributed by atoms with E-state index in [4.69, 9.17) is 4.74 Å². The molecule has 1 unspecified atom stereocenters. The lowest BCUT2D eigenvalue weighted by Crippen LogP contribution is -2.10. The molecule has 3 aromatic rings. The van der Waals surface area contributed by atoms with Crippen LogP contribution in [0.15, 0.2) is 30.3 Å². The van der Waals surface area contributed by atoms with Crippen molar-refractivity contribution in [2.24, 2.45) is 0 Å². The van der Waals surface area contributed by atoms with E-state index in [-0.39, 0.29) is 22.4 Å². The first kappa shape index (κ1) is 14.5. The summed E-state index contributed by atoms with van der Waals surface area (Å²) in [6.07, 6.45) is -1.17. The van der Waals surface area contributed by atoms with Gasteiger partial charge < -0.3 is 9.72 Å². The zero-order valence-corrected chi connectivity index (χ0v) is 11.3. The first-order valence-electron chi connectivity index (χ1n) is 6.32. The molecule has 0 amide bonds. The third-order valence-corrected chi connectivity index (χ3v) is 3.29. The van der Waals surface area contributed by atoms with E-state index in [0.29, 0.717) is 0 Å². The third-order valence-electron chi connectivity index (χ3n) is 3.29. The Hall–Kier alpha value is -2.41. The van der Waals surface area contributed by atoms with Crippen LogP contribution in [0.25, 0.3) is 11.0 Å². The number of aromatic amines is 1. The lowest BCUT2D eigenvalue weighted by molar-refractivity contribution is 0.123. The molecule has 0 aliphatic carbocycles. The van der Waals surface area contributed by atoms with Crippen molar-refractivity contribution in [3.63, 3.8) is 0 Å². The van der Waals surface area contributed by atoms with E-state index >= 15 is 0 Å². The zero-order chi connectivity index (χ0) is 15.9. The predicted molar refractivity (Wildman–Crippen MR) is 71.2 cm³/mol. The van der Waals surface area contributed by atoms with Gasteiger partial charge in [0.1, 0.15) is 23.6 Å². The van der Waals surface area contributed by atoms with Gasteiger partial charge in [0.25, 0.3) is 0 Å². The predicted octanol–water partition coefficient (Wildman–Crippen LogP) is 3.86. The number of methoxy groups -OCH3 is 1. The van der Waals surface area contributed by atoms with Crippen LogP contribution < -0.4 is 0 Å². The van der Waals surface area contributed by atoms with Gasteiger partial charge in [-0.3, -0.25) is 0 Å². The number of ether oxygens (including phenoxy) is 1. The van der Waals surface area contributed by atoms with Crippen LogP contribution in [0.5, 0.6) is 0 Å². The number of halogens is 4. The molecule has 1 N–H and O–H groups in total. The van der Waals surface area contributed by atoms with Crippen molar-refractivity contribution in [1.82, 2.24) is 9.97 Å². The van der Waals surface area contributed by atoms with Gasteiger partial charge in [0.15, 0.2) is 11.6 Å². The summed E-state index contributed by atoms with van der Waals surface area (Å²) in [4.78, 5) is 6.72. The second-order valence-electron chi connectivity index (χ2n) is 4.66. The highest BCUT2D eigenvalue weighted by molar-refractivity contribution is 5.75. The summed E-state index contributed by atoms with van der Waals surface area (Å²) in [6.45, 7) is 0. The van der Waals surface area contributed by atoms with E-state index in [9.17, 15) is 17.6 Å². The van der Waals surface area contributed by atoms with Gasteiger partial charge >= 0.3 is 0 Å². The van der Waals surface area contributed by atoms with Crippen molar-refractivity contribution in [3.8, 4) is 0 Å². The normalized spacial score (nSPS) is 12.8. The monoisotopic (exact) mass is 310 g/mol. The lowest BCUT2D eigenvalue weighted by Gasteiger charge is -2.14. The molecular weight excluding hydrogens is 300 g/mol. The maximum Gasteiger partial charge on any atom is 0.161 e. The molecule has 0 fully saturated rings. The molecule has 0 saturated heterocycles. The second kappa shape index (κ2) is 5.42. The number of benzene rings is 2. The molecule has 0 aliphatic heterocycles. The molecule has 0 aliphatic rings. The van der Waals surface area contributed by atoms with Gasteiger partial charge in [-0.05, 0) is 12.1 Å². The molecule has 7 heteroatoms. The maximum atomic E-state index is 13.9. The molecule has 1 heterocycles. The molecule has 0 bridgehead atoms. The number of rotatable bonds is 3. The van der Waals surface area contributed by atoms with Gasteiger partial charge in [-0.25, -0.2) is 22.5 Å². The minimum absolute atomic E-state index is 0.0477. The van der Waals surface area contributed by atoms with Gasteiger partial charge in [-0.2, -0.15) is 0 Å². The van der Waals surface area contributed by atoms with E-state index in [2.05, 4.69) is 9.97 Å². The van der Waals surface area contributed by atoms with Crippen molar-refractivity contribution < 1.29 is 22.3 Å². The molecule has 22 heavy (non-hydrogen) atoms. The summed E-state index contributed by atoms with van der Waals surface area (Å²) in [5, 5.41) is 0. The van der Waals surface area contributed by atoms with E-state index in [1.54, 1.807) is 0 Å². The average Bonchev–Trinajstić information content (AvgIpc) is 2.86. The number of nitrogens with one attached hydrogen (secondary N) is 1. The van der Waals surface area contributed by atoms with E-state index in [1.807, 2.05) is 0 Å². The number of hydrogen-bond acceptors (Lipinski definition) is 2. The quantitative estimate of drug-likeness (QED) is 0.746. The zero-order valence-electron chi connectivity index (χ0n) is 11.3. The highest BCUT2D eigenvalue weighted by atomic mass is 19.2. The van der Waals surface area contributed by atoms with Crippen molar-refractivity contribution in [2.75, 3.05) is 7.11 Å². The van der Waals surface area contributed by atoms with Crippen LogP contribution in [0.1, 0.15) is 17.5 Å². The Morgan fingerprint density at radius 3 is 2.27 bits per heavy atom. The first-order chi connectivity index (χ1) is 10.5. The average molecular weight is 310 g/mol. The topological polar surface area (TPSA) is 37.9 Å². The highest BCUT2D eigenvalue weighted by Crippen LogP contribution is 2.29. The number of hydrogen-bond donors (Lipinski definition) is 1. The molecule has 0 radical (unpaired) electrons. The van der Waals surface area contributed by atoms with Crippen LogP contribution in [-0.4, -0.2) is 17.1 Å². The number of nitrogens with zero attached hydrogens (tertiary/aromatic N) is 1. The van der Waals surface area contributed by atoms with Crippen LogP contribution in [0.2, 0.25) is 0 Å². The minimum Gasteiger partial charge on any atom is -0.369 e. The number of aromatic nitrogens is 2. The van der Waals surface area contributed by atoms with E-state index in [1.165, 1.54) is 13.2 Å². The standard InChI is InChI=1S/C15H10F4N2O/c1-22-14(13-7(16)3-2-4-8(13)17)15-20-11-5-9(18)10(19)6-12(11)21-15/h2-6,14H,1H3,(H,20,21). The Balaban J connectivity index is 2.15. The van der Waals surface area contributed by atoms with Crippen molar-refractivity contribution in [3.05, 3.63) is 65.0 Å². The number of fused-ring (bicyclic) bond motifs is 1. The van der Waals surface area contributed by atoms with Crippen molar-refractivity contribution in [2.45, 2.75) is 6.10 Å². The van der Waals surface area contributed by atoms with Gasteiger partial charge in [0, 0.05) is 19.2 Å². The lowest BCUT2D eigenvalue weighted by atomic mass is 10.1. The fraction of sp³-hybridized carbons (Fsp3) is 0.133. The van der Waals surface area contributed by atoms with Gasteiger partial charge in [-0.15, -0.1) is 0 Å². The van der Waals surface area contributed by atoms with Crippen LogP contribution in [0.4, 0.5) is 17.6 Å². The largest absolute Gasteiger partial charge is 0.369 e. The molecule has 3 rings (SSSR count). The number of H-pyrrole nitrogens is 1. The Morgan fingerprint density at radius 2 is 1.64 bits per heavy atom. The fourth-order valence-electron chi connectivity index (χ4n) is 2.28. The van der Waals surface area contributed by atoms with Crippen LogP contribution >= 0.6 is 0 Å². The van der Waals surface area contributed by atoms with E-state index < -0.39 is 29.4 Å². The summed E-state index contributed by atoms with van der Waals surface area (Å²) in [7, 11) is 1.25. The second-order valence-corrected chi connectivity index (χ2v) is 4.66. The molecule has 114 valence electrons. The summed E-state index contributed by atoms with van der Waals surface area (Å²) in [5.41, 5.74) is 0.00500. The van der Waals surface area contributed by atoms with Crippen LogP contribution in [0, 0.1) is 23.3 Å². The molecule has 0 saturated carbocycles. The van der Waals surface area contributed by atoms with Crippen molar-refractivity contribution >= 4 is 11.0 Å². The Morgan fingerprint density at radius 1 is 1.00 bits per heavy atom. The summed E-state index contributed by atoms with van der Waals surface area (Å²) in [5.74, 6) is -3.66. The summed E-state index contributed by atoms with van der Waals surface area (Å²) in [6, 6.07) is 5.23.